The van der Waals surface area contributed by atoms with Crippen LogP contribution in [-0.2, 0) is 20.2 Å². The zero-order valence-electron chi connectivity index (χ0n) is 10.3. The molecular weight excluding hydrogens is 297 g/mol. The summed E-state index contributed by atoms with van der Waals surface area (Å²) in [6.07, 6.45) is 0. The van der Waals surface area contributed by atoms with Gasteiger partial charge in [-0.3, -0.25) is 4.72 Å². The fourth-order valence-corrected chi connectivity index (χ4v) is 2.73. The van der Waals surface area contributed by atoms with Gasteiger partial charge in [0, 0.05) is 13.6 Å². The molecule has 0 aliphatic carbocycles. The number of hydrogen-bond acceptors (Lipinski definition) is 4. The van der Waals surface area contributed by atoms with Crippen LogP contribution in [0.4, 0.5) is 10.1 Å². The van der Waals surface area contributed by atoms with Crippen LogP contribution in [0.5, 0.6) is 0 Å². The Bertz CT molecular complexity index is 673. The minimum Gasteiger partial charge on any atom is -0.271 e. The number of nitrogens with two attached hydrogens (primary N) is 1. The predicted octanol–water partition coefficient (Wildman–Crippen LogP) is 0.0815. The minimum absolute atomic E-state index is 0.0919. The van der Waals surface area contributed by atoms with Crippen molar-refractivity contribution in [3.8, 4) is 0 Å². The summed E-state index contributed by atoms with van der Waals surface area (Å²) in [6, 6.07) is 2.75. The SMILES string of the molecule is CCN(C)S(=O)(=O)Nc1ccc(F)c(S(N)(=O)=O)c1. The average molecular weight is 311 g/mol. The molecule has 1 aromatic carbocycles. The molecule has 0 atom stereocenters. The van der Waals surface area contributed by atoms with Gasteiger partial charge in [0.1, 0.15) is 10.7 Å². The Kier molecular flexibility index (Phi) is 4.50. The number of primary sulfonamides is 1. The van der Waals surface area contributed by atoms with Crippen LogP contribution in [0, 0.1) is 5.82 Å². The molecule has 0 heterocycles. The van der Waals surface area contributed by atoms with Gasteiger partial charge in [0.25, 0.3) is 0 Å². The molecule has 0 aliphatic rings. The van der Waals surface area contributed by atoms with Crippen LogP contribution in [0.3, 0.4) is 0 Å². The summed E-state index contributed by atoms with van der Waals surface area (Å²) in [4.78, 5) is -0.771. The number of nitrogens with one attached hydrogen (secondary N) is 1. The van der Waals surface area contributed by atoms with Crippen molar-refractivity contribution in [2.24, 2.45) is 5.14 Å². The molecule has 19 heavy (non-hydrogen) atoms. The van der Waals surface area contributed by atoms with Crippen molar-refractivity contribution in [1.82, 2.24) is 4.31 Å². The summed E-state index contributed by atoms with van der Waals surface area (Å²) < 4.78 is 62.1. The van der Waals surface area contributed by atoms with Gasteiger partial charge in [0.05, 0.1) is 5.69 Å². The highest BCUT2D eigenvalue weighted by molar-refractivity contribution is 7.90. The van der Waals surface area contributed by atoms with Crippen LogP contribution < -0.4 is 9.86 Å². The smallest absolute Gasteiger partial charge is 0.271 e. The molecule has 0 unspecified atom stereocenters. The highest BCUT2D eigenvalue weighted by Gasteiger charge is 2.19. The molecule has 3 N–H and O–H groups in total. The Morgan fingerprint density at radius 3 is 2.37 bits per heavy atom. The van der Waals surface area contributed by atoms with Crippen molar-refractivity contribution in [1.29, 1.82) is 0 Å². The zero-order valence-corrected chi connectivity index (χ0v) is 11.9. The molecule has 0 bridgehead atoms. The maximum Gasteiger partial charge on any atom is 0.301 e. The molecule has 1 aromatic rings. The second-order valence-electron chi connectivity index (χ2n) is 3.71. The van der Waals surface area contributed by atoms with Gasteiger partial charge in [-0.25, -0.2) is 17.9 Å². The lowest BCUT2D eigenvalue weighted by atomic mass is 10.3. The van der Waals surface area contributed by atoms with Crippen molar-refractivity contribution in [3.05, 3.63) is 24.0 Å². The number of anilines is 1. The second kappa shape index (κ2) is 5.41. The first-order chi connectivity index (χ1) is 8.58. The molecule has 0 amide bonds. The number of sulfonamides is 1. The van der Waals surface area contributed by atoms with Crippen LogP contribution in [0.2, 0.25) is 0 Å². The summed E-state index contributed by atoms with van der Waals surface area (Å²) in [5, 5.41) is 4.82. The molecule has 0 saturated heterocycles. The third kappa shape index (κ3) is 3.86. The van der Waals surface area contributed by atoms with Gasteiger partial charge < -0.3 is 0 Å². The molecule has 1 rings (SSSR count). The van der Waals surface area contributed by atoms with Crippen LogP contribution in [-0.4, -0.2) is 34.7 Å². The monoisotopic (exact) mass is 311 g/mol. The molecule has 10 heteroatoms. The summed E-state index contributed by atoms with van der Waals surface area (Å²) in [6.45, 7) is 1.85. The molecule has 108 valence electrons. The number of benzene rings is 1. The van der Waals surface area contributed by atoms with E-state index in [0.29, 0.717) is 0 Å². The number of hydrogen-bond donors (Lipinski definition) is 2. The standard InChI is InChI=1S/C9H14FN3O4S2/c1-3-13(2)19(16,17)12-7-4-5-8(10)9(6-7)18(11,14)15/h4-6,12H,3H2,1-2H3,(H2,11,14,15). The summed E-state index contributed by atoms with van der Waals surface area (Å²) in [5.74, 6) is -1.05. The van der Waals surface area contributed by atoms with E-state index < -0.39 is 30.9 Å². The minimum atomic E-state index is -4.26. The Labute approximate surface area is 111 Å². The van der Waals surface area contributed by atoms with Gasteiger partial charge in [-0.2, -0.15) is 12.7 Å². The fraction of sp³-hybridized carbons (Fsp3) is 0.333. The van der Waals surface area contributed by atoms with Gasteiger partial charge in [-0.15, -0.1) is 0 Å². The Hall–Kier alpha value is -1.23. The Morgan fingerprint density at radius 1 is 1.32 bits per heavy atom. The van der Waals surface area contributed by atoms with E-state index in [1.54, 1.807) is 6.92 Å². The Balaban J connectivity index is 3.19. The molecule has 0 saturated carbocycles. The number of halogens is 1. The van der Waals surface area contributed by atoms with E-state index in [1.807, 2.05) is 0 Å². The normalized spacial score (nSPS) is 12.7. The molecule has 0 spiro atoms. The lowest BCUT2D eigenvalue weighted by Gasteiger charge is -2.16. The molecule has 0 radical (unpaired) electrons. The van der Waals surface area contributed by atoms with E-state index in [-0.39, 0.29) is 12.2 Å². The molecule has 0 fully saturated rings. The van der Waals surface area contributed by atoms with Crippen LogP contribution in [0.25, 0.3) is 0 Å². The maximum absolute atomic E-state index is 13.3. The van der Waals surface area contributed by atoms with Gasteiger partial charge in [0.15, 0.2) is 0 Å². The van der Waals surface area contributed by atoms with Crippen molar-refractivity contribution in [2.45, 2.75) is 11.8 Å². The molecule has 0 aromatic heterocycles. The fourth-order valence-electron chi connectivity index (χ4n) is 1.18. The van der Waals surface area contributed by atoms with Crippen LogP contribution in [0.15, 0.2) is 23.1 Å². The topological polar surface area (TPSA) is 110 Å². The van der Waals surface area contributed by atoms with E-state index in [2.05, 4.69) is 4.72 Å². The molecule has 7 nitrogen and oxygen atoms in total. The van der Waals surface area contributed by atoms with Crippen molar-refractivity contribution in [3.63, 3.8) is 0 Å². The van der Waals surface area contributed by atoms with Gasteiger partial charge >= 0.3 is 10.2 Å². The highest BCUT2D eigenvalue weighted by Crippen LogP contribution is 2.19. The van der Waals surface area contributed by atoms with Crippen molar-refractivity contribution in [2.75, 3.05) is 18.3 Å². The van der Waals surface area contributed by atoms with E-state index >= 15 is 0 Å². The van der Waals surface area contributed by atoms with Crippen molar-refractivity contribution >= 4 is 25.9 Å². The van der Waals surface area contributed by atoms with E-state index in [4.69, 9.17) is 5.14 Å². The summed E-state index contributed by atoms with van der Waals surface area (Å²) in [7, 11) is -6.73. The zero-order chi connectivity index (χ0) is 14.8. The first-order valence-corrected chi connectivity index (χ1v) is 8.13. The van der Waals surface area contributed by atoms with Crippen LogP contribution >= 0.6 is 0 Å². The average Bonchev–Trinajstić information content (AvgIpc) is 2.28. The third-order valence-electron chi connectivity index (χ3n) is 2.34. The Morgan fingerprint density at radius 2 is 1.89 bits per heavy atom. The summed E-state index contributed by atoms with van der Waals surface area (Å²) >= 11 is 0. The van der Waals surface area contributed by atoms with E-state index in [9.17, 15) is 21.2 Å². The largest absolute Gasteiger partial charge is 0.301 e. The van der Waals surface area contributed by atoms with Crippen LogP contribution in [0.1, 0.15) is 6.92 Å². The highest BCUT2D eigenvalue weighted by atomic mass is 32.2. The molecule has 0 aliphatic heterocycles. The first-order valence-electron chi connectivity index (χ1n) is 5.14. The van der Waals surface area contributed by atoms with E-state index in [1.165, 1.54) is 7.05 Å². The third-order valence-corrected chi connectivity index (χ3v) is 4.84. The predicted molar refractivity (Wildman–Crippen MR) is 68.6 cm³/mol. The van der Waals surface area contributed by atoms with Gasteiger partial charge in [-0.05, 0) is 18.2 Å². The van der Waals surface area contributed by atoms with Gasteiger partial charge in [0.2, 0.25) is 10.0 Å². The van der Waals surface area contributed by atoms with Crippen molar-refractivity contribution < 1.29 is 21.2 Å². The lowest BCUT2D eigenvalue weighted by Crippen LogP contribution is -2.32. The summed E-state index contributed by atoms with van der Waals surface area (Å²) in [5.41, 5.74) is -0.0919. The second-order valence-corrected chi connectivity index (χ2v) is 7.02. The molecular formula is C9H14FN3O4S2. The quantitative estimate of drug-likeness (QED) is 0.802. The van der Waals surface area contributed by atoms with Gasteiger partial charge in [-0.1, -0.05) is 6.92 Å². The maximum atomic E-state index is 13.3. The first kappa shape index (κ1) is 15.8. The van der Waals surface area contributed by atoms with E-state index in [0.717, 1.165) is 22.5 Å². The number of rotatable bonds is 5. The lowest BCUT2D eigenvalue weighted by molar-refractivity contribution is 0.491. The number of nitrogens with zero attached hydrogens (tertiary/aromatic N) is 1.